The van der Waals surface area contributed by atoms with E-state index in [1.165, 1.54) is 11.1 Å². The maximum absolute atomic E-state index is 5.44. The van der Waals surface area contributed by atoms with E-state index in [0.29, 0.717) is 13.1 Å². The Labute approximate surface area is 190 Å². The van der Waals surface area contributed by atoms with Gasteiger partial charge in [0.05, 0.1) is 20.2 Å². The number of hydrogen-bond acceptors (Lipinski definition) is 4. The molecule has 0 saturated heterocycles. The monoisotopic (exact) mass is 435 g/mol. The molecule has 2 N–H and O–H groups in total. The van der Waals surface area contributed by atoms with Crippen LogP contribution in [0, 0.1) is 0 Å². The molecule has 0 aliphatic rings. The molecule has 32 heavy (non-hydrogen) atoms. The lowest BCUT2D eigenvalue weighted by Gasteiger charge is -2.15. The van der Waals surface area contributed by atoms with Crippen molar-refractivity contribution in [2.45, 2.75) is 33.0 Å². The highest BCUT2D eigenvalue weighted by Gasteiger charge is 2.05. The number of hydrogen-bond donors (Lipinski definition) is 2. The van der Waals surface area contributed by atoms with E-state index in [2.05, 4.69) is 40.0 Å². The maximum Gasteiger partial charge on any atom is 0.191 e. The van der Waals surface area contributed by atoms with Crippen molar-refractivity contribution in [1.29, 1.82) is 0 Å². The molecule has 7 nitrogen and oxygen atoms in total. The molecular weight excluding hydrogens is 402 g/mol. The standard InChI is InChI=1S/C25H33N5O2/c1-3-32-17-7-14-26-25(27-18-21-10-12-24(31-2)13-11-21)28-19-22-8-4-5-9-23(22)20-30-16-6-15-29-30/h4-6,8-13,15-16H,3,7,14,17-20H2,1-2H3,(H2,26,27,28). The van der Waals surface area contributed by atoms with Gasteiger partial charge in [-0.1, -0.05) is 36.4 Å². The predicted octanol–water partition coefficient (Wildman–Crippen LogP) is 3.60. The molecular formula is C25H33N5O2. The fourth-order valence-electron chi connectivity index (χ4n) is 3.23. The summed E-state index contributed by atoms with van der Waals surface area (Å²) in [5.41, 5.74) is 3.58. The van der Waals surface area contributed by atoms with E-state index < -0.39 is 0 Å². The average molecular weight is 436 g/mol. The second-order valence-electron chi connectivity index (χ2n) is 7.32. The van der Waals surface area contributed by atoms with Crippen LogP contribution in [0.4, 0.5) is 0 Å². The number of benzene rings is 2. The highest BCUT2D eigenvalue weighted by atomic mass is 16.5. The van der Waals surface area contributed by atoms with E-state index in [4.69, 9.17) is 14.5 Å². The second kappa shape index (κ2) is 13.2. The van der Waals surface area contributed by atoms with E-state index in [1.54, 1.807) is 13.3 Å². The molecule has 0 spiro atoms. The number of nitrogens with zero attached hydrogens (tertiary/aromatic N) is 3. The van der Waals surface area contributed by atoms with Crippen LogP contribution < -0.4 is 15.4 Å². The number of rotatable bonds is 12. The SMILES string of the molecule is CCOCCCNC(=NCc1ccc(OC)cc1)NCc1ccccc1Cn1cccn1. The fourth-order valence-corrected chi connectivity index (χ4v) is 3.23. The Morgan fingerprint density at radius 3 is 2.56 bits per heavy atom. The first-order valence-electron chi connectivity index (χ1n) is 11.1. The number of nitrogens with one attached hydrogen (secondary N) is 2. The van der Waals surface area contributed by atoms with Crippen LogP contribution in [0.25, 0.3) is 0 Å². The van der Waals surface area contributed by atoms with Crippen LogP contribution in [-0.4, -0.2) is 42.6 Å². The normalized spacial score (nSPS) is 11.4. The largest absolute Gasteiger partial charge is 0.497 e. The summed E-state index contributed by atoms with van der Waals surface area (Å²) in [6.45, 7) is 6.29. The molecule has 170 valence electrons. The summed E-state index contributed by atoms with van der Waals surface area (Å²) in [6.07, 6.45) is 4.70. The van der Waals surface area contributed by atoms with E-state index in [1.807, 2.05) is 48.1 Å². The first-order chi connectivity index (χ1) is 15.8. The summed E-state index contributed by atoms with van der Waals surface area (Å²) in [5.74, 6) is 1.63. The van der Waals surface area contributed by atoms with Gasteiger partial charge in [0.25, 0.3) is 0 Å². The highest BCUT2D eigenvalue weighted by Crippen LogP contribution is 2.12. The Morgan fingerprint density at radius 2 is 1.84 bits per heavy atom. The predicted molar refractivity (Wildman–Crippen MR) is 128 cm³/mol. The zero-order valence-corrected chi connectivity index (χ0v) is 19.0. The van der Waals surface area contributed by atoms with Crippen molar-refractivity contribution in [3.8, 4) is 5.75 Å². The van der Waals surface area contributed by atoms with Crippen LogP contribution in [-0.2, 0) is 24.4 Å². The van der Waals surface area contributed by atoms with Crippen molar-refractivity contribution in [2.75, 3.05) is 26.9 Å². The van der Waals surface area contributed by atoms with Gasteiger partial charge >= 0.3 is 0 Å². The minimum absolute atomic E-state index is 0.583. The number of aromatic nitrogens is 2. The highest BCUT2D eigenvalue weighted by molar-refractivity contribution is 5.79. The molecule has 0 fully saturated rings. The molecule has 7 heteroatoms. The van der Waals surface area contributed by atoms with Gasteiger partial charge in [-0.15, -0.1) is 0 Å². The molecule has 3 rings (SSSR count). The van der Waals surface area contributed by atoms with Crippen molar-refractivity contribution < 1.29 is 9.47 Å². The molecule has 1 heterocycles. The van der Waals surface area contributed by atoms with Crippen molar-refractivity contribution in [2.24, 2.45) is 4.99 Å². The Morgan fingerprint density at radius 1 is 1.03 bits per heavy atom. The summed E-state index contributed by atoms with van der Waals surface area (Å²) in [6, 6.07) is 18.3. The van der Waals surface area contributed by atoms with E-state index in [0.717, 1.165) is 50.0 Å². The minimum Gasteiger partial charge on any atom is -0.497 e. The zero-order valence-electron chi connectivity index (χ0n) is 19.0. The number of guanidine groups is 1. The van der Waals surface area contributed by atoms with Gasteiger partial charge in [-0.3, -0.25) is 4.68 Å². The molecule has 0 aliphatic heterocycles. The maximum atomic E-state index is 5.44. The Hall–Kier alpha value is -3.32. The molecule has 0 radical (unpaired) electrons. The molecule has 3 aromatic rings. The van der Waals surface area contributed by atoms with Gasteiger partial charge in [0, 0.05) is 38.7 Å². The minimum atomic E-state index is 0.583. The van der Waals surface area contributed by atoms with Gasteiger partial charge in [0.1, 0.15) is 5.75 Å². The smallest absolute Gasteiger partial charge is 0.191 e. The third kappa shape index (κ3) is 7.74. The third-order valence-corrected chi connectivity index (χ3v) is 5.00. The van der Waals surface area contributed by atoms with Crippen molar-refractivity contribution in [3.63, 3.8) is 0 Å². The lowest BCUT2D eigenvalue weighted by molar-refractivity contribution is 0.145. The van der Waals surface area contributed by atoms with E-state index in [-0.39, 0.29) is 0 Å². The number of methoxy groups -OCH3 is 1. The Bertz CT molecular complexity index is 939. The summed E-state index contributed by atoms with van der Waals surface area (Å²) in [5, 5.41) is 11.2. The van der Waals surface area contributed by atoms with Crippen molar-refractivity contribution in [3.05, 3.63) is 83.7 Å². The molecule has 0 amide bonds. The Kier molecular flexibility index (Phi) is 9.61. The summed E-state index contributed by atoms with van der Waals surface area (Å²) in [4.78, 5) is 4.78. The summed E-state index contributed by atoms with van der Waals surface area (Å²) in [7, 11) is 1.67. The third-order valence-electron chi connectivity index (χ3n) is 5.00. The van der Waals surface area contributed by atoms with Crippen LogP contribution in [0.3, 0.4) is 0 Å². The number of ether oxygens (including phenoxy) is 2. The first kappa shape index (κ1) is 23.3. The quantitative estimate of drug-likeness (QED) is 0.258. The molecule has 0 saturated carbocycles. The van der Waals surface area contributed by atoms with Gasteiger partial charge in [-0.05, 0) is 48.2 Å². The topological polar surface area (TPSA) is 72.7 Å². The molecule has 0 unspecified atom stereocenters. The molecule has 0 bridgehead atoms. The van der Waals surface area contributed by atoms with Gasteiger partial charge in [-0.2, -0.15) is 5.10 Å². The molecule has 2 aromatic carbocycles. The van der Waals surface area contributed by atoms with Gasteiger partial charge < -0.3 is 20.1 Å². The molecule has 0 atom stereocenters. The van der Waals surface area contributed by atoms with E-state index >= 15 is 0 Å². The fraction of sp³-hybridized carbons (Fsp3) is 0.360. The number of aliphatic imine (C=N–C) groups is 1. The van der Waals surface area contributed by atoms with Crippen LogP contribution in [0.1, 0.15) is 30.0 Å². The lowest BCUT2D eigenvalue weighted by atomic mass is 10.1. The lowest BCUT2D eigenvalue weighted by Crippen LogP contribution is -2.38. The van der Waals surface area contributed by atoms with Gasteiger partial charge in [-0.25, -0.2) is 4.99 Å². The molecule has 1 aromatic heterocycles. The summed E-state index contributed by atoms with van der Waals surface area (Å²) < 4.78 is 12.6. The van der Waals surface area contributed by atoms with E-state index in [9.17, 15) is 0 Å². The van der Waals surface area contributed by atoms with Gasteiger partial charge in [0.2, 0.25) is 0 Å². The molecule has 0 aliphatic carbocycles. The van der Waals surface area contributed by atoms with Crippen LogP contribution in [0.5, 0.6) is 5.75 Å². The first-order valence-corrected chi connectivity index (χ1v) is 11.1. The van der Waals surface area contributed by atoms with Gasteiger partial charge in [0.15, 0.2) is 5.96 Å². The summed E-state index contributed by atoms with van der Waals surface area (Å²) >= 11 is 0. The van der Waals surface area contributed by atoms with Crippen LogP contribution in [0.2, 0.25) is 0 Å². The second-order valence-corrected chi connectivity index (χ2v) is 7.32. The average Bonchev–Trinajstić information content (AvgIpc) is 3.34. The van der Waals surface area contributed by atoms with Crippen LogP contribution >= 0.6 is 0 Å². The van der Waals surface area contributed by atoms with Crippen LogP contribution in [0.15, 0.2) is 72.0 Å². The van der Waals surface area contributed by atoms with Crippen molar-refractivity contribution >= 4 is 5.96 Å². The van der Waals surface area contributed by atoms with Crippen molar-refractivity contribution in [1.82, 2.24) is 20.4 Å². The Balaban J connectivity index is 1.63. The zero-order chi connectivity index (χ0) is 22.4.